The maximum Gasteiger partial charge on any atom is 0.317 e. The normalized spacial score (nSPS) is 17.8. The molecule has 3 nitrogen and oxygen atoms in total. The number of ether oxygens (including phenoxy) is 1. The lowest BCUT2D eigenvalue weighted by Crippen LogP contribution is -2.44. The van der Waals surface area contributed by atoms with Gasteiger partial charge in [0.1, 0.15) is 5.41 Å². The maximum atomic E-state index is 12.5. The van der Waals surface area contributed by atoms with Crippen LogP contribution in [0.15, 0.2) is 24.3 Å². The molecular weight excluding hydrogens is 238 g/mol. The Morgan fingerprint density at radius 1 is 1.47 bits per heavy atom. The highest BCUT2D eigenvalue weighted by Crippen LogP contribution is 2.42. The minimum atomic E-state index is -0.663. The summed E-state index contributed by atoms with van der Waals surface area (Å²) < 4.78 is 5.30. The van der Waals surface area contributed by atoms with Crippen LogP contribution in [-0.2, 0) is 14.9 Å². The summed E-state index contributed by atoms with van der Waals surface area (Å²) in [5.74, 6) is 0.448. The number of carbonyl (C=O) groups is 1. The van der Waals surface area contributed by atoms with Crippen molar-refractivity contribution in [3.8, 4) is 0 Å². The van der Waals surface area contributed by atoms with Crippen LogP contribution >= 0.6 is 0 Å². The zero-order valence-electron chi connectivity index (χ0n) is 11.8. The molecule has 0 spiro atoms. The molecule has 1 fully saturated rings. The lowest BCUT2D eigenvalue weighted by atomic mass is 9.75. The molecule has 0 aromatic heterocycles. The molecule has 1 aliphatic carbocycles. The highest BCUT2D eigenvalue weighted by atomic mass is 16.5. The van der Waals surface area contributed by atoms with Gasteiger partial charge in [-0.3, -0.25) is 4.79 Å². The number of hydrogen-bond donors (Lipinski definition) is 1. The first-order chi connectivity index (χ1) is 9.12. The molecule has 1 aliphatic rings. The molecule has 0 radical (unpaired) electrons. The van der Waals surface area contributed by atoms with E-state index in [0.717, 1.165) is 17.5 Å². The van der Waals surface area contributed by atoms with Gasteiger partial charge in [0.2, 0.25) is 0 Å². The Hall–Kier alpha value is -1.35. The summed E-state index contributed by atoms with van der Waals surface area (Å²) in [6.45, 7) is 4.59. The molecule has 1 unspecified atom stereocenters. The van der Waals surface area contributed by atoms with E-state index in [1.807, 2.05) is 32.0 Å². The number of hydrogen-bond acceptors (Lipinski definition) is 3. The van der Waals surface area contributed by atoms with E-state index in [-0.39, 0.29) is 5.97 Å². The van der Waals surface area contributed by atoms with Gasteiger partial charge in [0.25, 0.3) is 0 Å². The lowest BCUT2D eigenvalue weighted by molar-refractivity contribution is -0.150. The molecule has 104 valence electrons. The molecule has 0 amide bonds. The Morgan fingerprint density at radius 3 is 2.74 bits per heavy atom. The second-order valence-corrected chi connectivity index (χ2v) is 5.52. The van der Waals surface area contributed by atoms with E-state index in [1.54, 1.807) is 0 Å². The fraction of sp³-hybridized carbons (Fsp3) is 0.562. The van der Waals surface area contributed by atoms with Gasteiger partial charge in [0.15, 0.2) is 0 Å². The summed E-state index contributed by atoms with van der Waals surface area (Å²) in [5.41, 5.74) is 7.48. The number of nitrogens with two attached hydrogens (primary N) is 1. The van der Waals surface area contributed by atoms with Crippen LogP contribution in [0.3, 0.4) is 0 Å². The van der Waals surface area contributed by atoms with E-state index < -0.39 is 5.41 Å². The predicted octanol–water partition coefficient (Wildman–Crippen LogP) is 2.55. The first kappa shape index (κ1) is 14.1. The van der Waals surface area contributed by atoms with Crippen LogP contribution in [0.4, 0.5) is 0 Å². The molecule has 2 rings (SSSR count). The van der Waals surface area contributed by atoms with E-state index in [1.165, 1.54) is 12.8 Å². The average molecular weight is 261 g/mol. The second kappa shape index (κ2) is 5.74. The molecule has 0 saturated heterocycles. The zero-order valence-corrected chi connectivity index (χ0v) is 11.8. The molecule has 1 aromatic carbocycles. The van der Waals surface area contributed by atoms with Gasteiger partial charge >= 0.3 is 5.97 Å². The van der Waals surface area contributed by atoms with Crippen LogP contribution in [0.1, 0.15) is 37.3 Å². The molecule has 1 aromatic rings. The van der Waals surface area contributed by atoms with E-state index in [4.69, 9.17) is 10.5 Å². The van der Waals surface area contributed by atoms with E-state index in [9.17, 15) is 4.79 Å². The standard InChI is InChI=1S/C16H23NO2/c1-3-19-15(18)16(11-17,10-13-7-8-13)14-6-4-5-12(2)9-14/h4-6,9,13H,3,7-8,10-11,17H2,1-2H3. The zero-order chi connectivity index (χ0) is 13.9. The van der Waals surface area contributed by atoms with E-state index in [0.29, 0.717) is 19.1 Å². The van der Waals surface area contributed by atoms with E-state index in [2.05, 4.69) is 6.07 Å². The first-order valence-electron chi connectivity index (χ1n) is 7.07. The molecular formula is C16H23NO2. The van der Waals surface area contributed by atoms with Crippen molar-refractivity contribution in [2.24, 2.45) is 11.7 Å². The third-order valence-electron chi connectivity index (χ3n) is 3.92. The molecule has 0 bridgehead atoms. The Morgan fingerprint density at radius 2 is 2.21 bits per heavy atom. The van der Waals surface area contributed by atoms with Crippen molar-refractivity contribution < 1.29 is 9.53 Å². The summed E-state index contributed by atoms with van der Waals surface area (Å²) in [6, 6.07) is 8.08. The van der Waals surface area contributed by atoms with Gasteiger partial charge in [-0.25, -0.2) is 0 Å². The monoisotopic (exact) mass is 261 g/mol. The van der Waals surface area contributed by atoms with Gasteiger partial charge in [0, 0.05) is 6.54 Å². The fourth-order valence-electron chi connectivity index (χ4n) is 2.63. The second-order valence-electron chi connectivity index (χ2n) is 5.52. The molecule has 2 N–H and O–H groups in total. The van der Waals surface area contributed by atoms with Crippen LogP contribution in [0.2, 0.25) is 0 Å². The van der Waals surface area contributed by atoms with Gasteiger partial charge in [-0.15, -0.1) is 0 Å². The van der Waals surface area contributed by atoms with Crippen LogP contribution < -0.4 is 5.73 Å². The van der Waals surface area contributed by atoms with Gasteiger partial charge in [-0.2, -0.15) is 0 Å². The van der Waals surface area contributed by atoms with Crippen LogP contribution in [0.5, 0.6) is 0 Å². The largest absolute Gasteiger partial charge is 0.465 e. The van der Waals surface area contributed by atoms with Crippen molar-refractivity contribution in [2.75, 3.05) is 13.2 Å². The summed E-state index contributed by atoms with van der Waals surface area (Å²) in [6.07, 6.45) is 3.21. The molecule has 1 atom stereocenters. The van der Waals surface area contributed by atoms with Crippen molar-refractivity contribution in [3.05, 3.63) is 35.4 Å². The summed E-state index contributed by atoms with van der Waals surface area (Å²) in [7, 11) is 0. The minimum Gasteiger partial charge on any atom is -0.465 e. The summed E-state index contributed by atoms with van der Waals surface area (Å²) >= 11 is 0. The van der Waals surface area contributed by atoms with Crippen molar-refractivity contribution in [3.63, 3.8) is 0 Å². The number of rotatable bonds is 6. The maximum absolute atomic E-state index is 12.5. The van der Waals surface area contributed by atoms with Gasteiger partial charge in [-0.05, 0) is 31.7 Å². The Bertz CT molecular complexity index is 454. The van der Waals surface area contributed by atoms with Crippen molar-refractivity contribution in [1.82, 2.24) is 0 Å². The highest BCUT2D eigenvalue weighted by molar-refractivity contribution is 5.83. The van der Waals surface area contributed by atoms with E-state index >= 15 is 0 Å². The molecule has 19 heavy (non-hydrogen) atoms. The van der Waals surface area contributed by atoms with Crippen molar-refractivity contribution >= 4 is 5.97 Å². The van der Waals surface area contributed by atoms with Crippen LogP contribution in [-0.4, -0.2) is 19.1 Å². The summed E-state index contributed by atoms with van der Waals surface area (Å²) in [5, 5.41) is 0. The SMILES string of the molecule is CCOC(=O)C(CN)(CC1CC1)c1cccc(C)c1. The van der Waals surface area contributed by atoms with Gasteiger partial charge in [0.05, 0.1) is 6.61 Å². The predicted molar refractivity (Wildman–Crippen MR) is 75.9 cm³/mol. The number of esters is 1. The molecule has 0 heterocycles. The van der Waals surface area contributed by atoms with Gasteiger partial charge in [-0.1, -0.05) is 42.7 Å². The van der Waals surface area contributed by atoms with Crippen LogP contribution in [0, 0.1) is 12.8 Å². The topological polar surface area (TPSA) is 52.3 Å². The number of aryl methyl sites for hydroxylation is 1. The van der Waals surface area contributed by atoms with Crippen molar-refractivity contribution in [1.29, 1.82) is 0 Å². The Kier molecular flexibility index (Phi) is 4.25. The average Bonchev–Trinajstić information content (AvgIpc) is 3.20. The van der Waals surface area contributed by atoms with Gasteiger partial charge < -0.3 is 10.5 Å². The Balaban J connectivity index is 2.38. The van der Waals surface area contributed by atoms with Crippen molar-refractivity contribution in [2.45, 2.75) is 38.5 Å². The lowest BCUT2D eigenvalue weighted by Gasteiger charge is -2.31. The van der Waals surface area contributed by atoms with Crippen LogP contribution in [0.25, 0.3) is 0 Å². The molecule has 0 aliphatic heterocycles. The Labute approximate surface area is 115 Å². The number of carbonyl (C=O) groups excluding carboxylic acids is 1. The fourth-order valence-corrected chi connectivity index (χ4v) is 2.63. The molecule has 1 saturated carbocycles. The minimum absolute atomic E-state index is 0.171. The summed E-state index contributed by atoms with van der Waals surface area (Å²) in [4.78, 5) is 12.5. The first-order valence-corrected chi connectivity index (χ1v) is 7.07. The third kappa shape index (κ3) is 2.98. The quantitative estimate of drug-likeness (QED) is 0.801. The smallest absolute Gasteiger partial charge is 0.317 e. The highest BCUT2D eigenvalue weighted by Gasteiger charge is 2.44. The third-order valence-corrected chi connectivity index (χ3v) is 3.92. The molecule has 3 heteroatoms. The number of benzene rings is 1.